The number of benzene rings is 3. The fourth-order valence-electron chi connectivity index (χ4n) is 2.72. The van der Waals surface area contributed by atoms with Crippen molar-refractivity contribution in [3.8, 4) is 17.2 Å². The van der Waals surface area contributed by atoms with Gasteiger partial charge in [0.25, 0.3) is 5.91 Å². The van der Waals surface area contributed by atoms with Crippen molar-refractivity contribution in [1.29, 1.82) is 0 Å². The molecule has 6 nitrogen and oxygen atoms in total. The number of hydrazone groups is 1. The predicted octanol–water partition coefficient (Wildman–Crippen LogP) is 4.97. The van der Waals surface area contributed by atoms with Crippen LogP contribution in [0.25, 0.3) is 0 Å². The summed E-state index contributed by atoms with van der Waals surface area (Å²) in [6, 6.07) is 24.6. The van der Waals surface area contributed by atoms with Crippen LogP contribution >= 0.6 is 0 Å². The first-order valence-electron chi connectivity index (χ1n) is 10.7. The first kappa shape index (κ1) is 22.9. The van der Waals surface area contributed by atoms with E-state index in [9.17, 15) is 4.79 Å². The Kier molecular flexibility index (Phi) is 9.15. The van der Waals surface area contributed by atoms with Crippen LogP contribution in [0.1, 0.15) is 30.9 Å². The highest BCUT2D eigenvalue weighted by Gasteiger charge is 2.02. The zero-order chi connectivity index (χ0) is 22.4. The van der Waals surface area contributed by atoms with Gasteiger partial charge in [0, 0.05) is 0 Å². The molecule has 3 aromatic rings. The number of nitrogens with one attached hydrogen (secondary N) is 1. The molecule has 0 saturated heterocycles. The van der Waals surface area contributed by atoms with Crippen LogP contribution in [0.15, 0.2) is 84.0 Å². The van der Waals surface area contributed by atoms with E-state index in [2.05, 4.69) is 17.5 Å². The van der Waals surface area contributed by atoms with Gasteiger partial charge in [0.2, 0.25) is 0 Å². The molecule has 166 valence electrons. The molecule has 0 unspecified atom stereocenters. The minimum absolute atomic E-state index is 0.133. The molecule has 6 heteroatoms. The summed E-state index contributed by atoms with van der Waals surface area (Å²) >= 11 is 0. The molecule has 0 spiro atoms. The summed E-state index contributed by atoms with van der Waals surface area (Å²) < 4.78 is 16.9. The summed E-state index contributed by atoms with van der Waals surface area (Å²) in [6.07, 6.45) is 3.71. The number of carbonyl (C=O) groups excluding carboxylic acids is 1. The Morgan fingerprint density at radius 2 is 1.47 bits per heavy atom. The fourth-order valence-corrected chi connectivity index (χ4v) is 2.72. The van der Waals surface area contributed by atoms with Gasteiger partial charge >= 0.3 is 0 Å². The van der Waals surface area contributed by atoms with Crippen molar-refractivity contribution in [2.75, 3.05) is 13.2 Å². The molecule has 0 radical (unpaired) electrons. The van der Waals surface area contributed by atoms with Gasteiger partial charge in [-0.2, -0.15) is 5.10 Å². The summed E-state index contributed by atoms with van der Waals surface area (Å²) in [5.41, 5.74) is 4.42. The molecule has 32 heavy (non-hydrogen) atoms. The van der Waals surface area contributed by atoms with E-state index in [1.807, 2.05) is 66.7 Å². The first-order valence-corrected chi connectivity index (χ1v) is 10.7. The lowest BCUT2D eigenvalue weighted by atomic mass is 10.2. The Morgan fingerprint density at radius 1 is 0.844 bits per heavy atom. The highest BCUT2D eigenvalue weighted by Crippen LogP contribution is 2.18. The van der Waals surface area contributed by atoms with Crippen LogP contribution in [0.2, 0.25) is 0 Å². The van der Waals surface area contributed by atoms with Gasteiger partial charge < -0.3 is 14.2 Å². The quantitative estimate of drug-likeness (QED) is 0.249. The second-order valence-corrected chi connectivity index (χ2v) is 7.10. The van der Waals surface area contributed by atoms with Crippen LogP contribution in [0.5, 0.6) is 17.2 Å². The normalized spacial score (nSPS) is 10.7. The van der Waals surface area contributed by atoms with Gasteiger partial charge in [0.1, 0.15) is 23.9 Å². The van der Waals surface area contributed by atoms with Crippen molar-refractivity contribution in [3.63, 3.8) is 0 Å². The molecule has 0 saturated carbocycles. The number of unbranched alkanes of at least 4 members (excludes halogenated alkanes) is 1. The lowest BCUT2D eigenvalue weighted by Crippen LogP contribution is -2.24. The highest BCUT2D eigenvalue weighted by molar-refractivity contribution is 5.83. The van der Waals surface area contributed by atoms with E-state index in [4.69, 9.17) is 14.2 Å². The zero-order valence-electron chi connectivity index (χ0n) is 18.2. The Balaban J connectivity index is 1.36. The third-order valence-electron chi connectivity index (χ3n) is 4.49. The van der Waals surface area contributed by atoms with Gasteiger partial charge in [0.05, 0.1) is 12.8 Å². The number of amides is 1. The van der Waals surface area contributed by atoms with Crippen LogP contribution in [0.3, 0.4) is 0 Å². The monoisotopic (exact) mass is 432 g/mol. The standard InChI is InChI=1S/C26H28N2O4/c1-2-3-17-30-23-11-9-21(10-12-23)18-27-28-26(29)20-32-25-15-13-24(14-16-25)31-19-22-7-5-4-6-8-22/h4-16,18H,2-3,17,19-20H2,1H3,(H,28,29). The maximum atomic E-state index is 11.9. The summed E-state index contributed by atoms with van der Waals surface area (Å²) in [5.74, 6) is 1.79. The lowest BCUT2D eigenvalue weighted by Gasteiger charge is -2.08. The highest BCUT2D eigenvalue weighted by atomic mass is 16.5. The number of hydrogen-bond acceptors (Lipinski definition) is 5. The Hall–Kier alpha value is -3.80. The Morgan fingerprint density at radius 3 is 2.16 bits per heavy atom. The molecule has 0 aliphatic carbocycles. The summed E-state index contributed by atoms with van der Waals surface area (Å²) in [4.78, 5) is 11.9. The third-order valence-corrected chi connectivity index (χ3v) is 4.49. The molecule has 0 atom stereocenters. The number of carbonyl (C=O) groups is 1. The van der Waals surface area contributed by atoms with Crippen molar-refractivity contribution in [3.05, 3.63) is 90.0 Å². The topological polar surface area (TPSA) is 69.2 Å². The Bertz CT molecular complexity index is 971. The Labute approximate surface area is 188 Å². The average molecular weight is 433 g/mol. The van der Waals surface area contributed by atoms with Gasteiger partial charge in [-0.05, 0) is 66.1 Å². The number of rotatable bonds is 12. The molecule has 3 aromatic carbocycles. The average Bonchev–Trinajstić information content (AvgIpc) is 2.84. The third kappa shape index (κ3) is 8.14. The molecule has 0 heterocycles. The zero-order valence-corrected chi connectivity index (χ0v) is 18.2. The van der Waals surface area contributed by atoms with Crippen molar-refractivity contribution >= 4 is 12.1 Å². The summed E-state index contributed by atoms with van der Waals surface area (Å²) in [6.45, 7) is 3.20. The van der Waals surface area contributed by atoms with Crippen LogP contribution in [0.4, 0.5) is 0 Å². The van der Waals surface area contributed by atoms with Crippen LogP contribution in [-0.4, -0.2) is 25.3 Å². The van der Waals surface area contributed by atoms with Crippen LogP contribution in [0, 0.1) is 0 Å². The van der Waals surface area contributed by atoms with E-state index in [1.165, 1.54) is 0 Å². The second-order valence-electron chi connectivity index (χ2n) is 7.10. The van der Waals surface area contributed by atoms with E-state index in [-0.39, 0.29) is 12.5 Å². The second kappa shape index (κ2) is 12.8. The first-order chi connectivity index (χ1) is 15.7. The number of ether oxygens (including phenoxy) is 3. The van der Waals surface area contributed by atoms with Gasteiger partial charge in [0.15, 0.2) is 6.61 Å². The summed E-state index contributed by atoms with van der Waals surface area (Å²) in [5, 5.41) is 3.96. The maximum absolute atomic E-state index is 11.9. The maximum Gasteiger partial charge on any atom is 0.277 e. The lowest BCUT2D eigenvalue weighted by molar-refractivity contribution is -0.123. The van der Waals surface area contributed by atoms with Gasteiger partial charge in [-0.25, -0.2) is 5.43 Å². The molecule has 1 N–H and O–H groups in total. The fraction of sp³-hybridized carbons (Fsp3) is 0.231. The van der Waals surface area contributed by atoms with Crippen molar-refractivity contribution in [1.82, 2.24) is 5.43 Å². The van der Waals surface area contributed by atoms with Crippen molar-refractivity contribution in [2.45, 2.75) is 26.4 Å². The van der Waals surface area contributed by atoms with E-state index in [0.717, 1.165) is 35.5 Å². The van der Waals surface area contributed by atoms with Gasteiger partial charge in [-0.15, -0.1) is 0 Å². The molecule has 0 aliphatic heterocycles. The van der Waals surface area contributed by atoms with E-state index in [0.29, 0.717) is 19.0 Å². The van der Waals surface area contributed by atoms with Crippen molar-refractivity contribution < 1.29 is 19.0 Å². The van der Waals surface area contributed by atoms with Crippen LogP contribution < -0.4 is 19.6 Å². The molecule has 0 bridgehead atoms. The molecule has 0 aliphatic rings. The molecule has 3 rings (SSSR count). The molecular weight excluding hydrogens is 404 g/mol. The minimum atomic E-state index is -0.342. The number of hydrogen-bond donors (Lipinski definition) is 1. The van der Waals surface area contributed by atoms with Gasteiger partial charge in [-0.1, -0.05) is 43.7 Å². The van der Waals surface area contributed by atoms with E-state index in [1.54, 1.807) is 18.3 Å². The molecule has 0 fully saturated rings. The SMILES string of the molecule is CCCCOc1ccc(C=NNC(=O)COc2ccc(OCc3ccccc3)cc2)cc1. The van der Waals surface area contributed by atoms with Crippen LogP contribution in [-0.2, 0) is 11.4 Å². The smallest absolute Gasteiger partial charge is 0.277 e. The van der Waals surface area contributed by atoms with E-state index < -0.39 is 0 Å². The molecule has 0 aromatic heterocycles. The molecular formula is C26H28N2O4. The van der Waals surface area contributed by atoms with Crippen molar-refractivity contribution in [2.24, 2.45) is 5.10 Å². The number of nitrogens with zero attached hydrogens (tertiary/aromatic N) is 1. The predicted molar refractivity (Wildman–Crippen MR) is 125 cm³/mol. The minimum Gasteiger partial charge on any atom is -0.494 e. The summed E-state index contributed by atoms with van der Waals surface area (Å²) in [7, 11) is 0. The largest absolute Gasteiger partial charge is 0.494 e. The van der Waals surface area contributed by atoms with E-state index >= 15 is 0 Å². The molecule has 1 amide bonds. The van der Waals surface area contributed by atoms with Gasteiger partial charge in [-0.3, -0.25) is 4.79 Å².